The SMILES string of the molecule is C=CC(OCC)(OCC)C(O)CCc1ccccc1. The molecule has 19 heavy (non-hydrogen) atoms. The Kier molecular flexibility index (Phi) is 6.78. The van der Waals surface area contributed by atoms with Crippen molar-refractivity contribution in [2.75, 3.05) is 13.2 Å². The Morgan fingerprint density at radius 3 is 2.26 bits per heavy atom. The number of benzene rings is 1. The lowest BCUT2D eigenvalue weighted by Crippen LogP contribution is -2.46. The monoisotopic (exact) mass is 264 g/mol. The molecule has 0 aliphatic carbocycles. The van der Waals surface area contributed by atoms with E-state index in [-0.39, 0.29) is 0 Å². The Morgan fingerprint density at radius 2 is 1.79 bits per heavy atom. The van der Waals surface area contributed by atoms with Crippen molar-refractivity contribution in [1.82, 2.24) is 0 Å². The van der Waals surface area contributed by atoms with Crippen molar-refractivity contribution in [3.8, 4) is 0 Å². The van der Waals surface area contributed by atoms with Crippen molar-refractivity contribution in [3.05, 3.63) is 48.6 Å². The van der Waals surface area contributed by atoms with Crippen molar-refractivity contribution in [3.63, 3.8) is 0 Å². The van der Waals surface area contributed by atoms with Crippen molar-refractivity contribution >= 4 is 0 Å². The van der Waals surface area contributed by atoms with Gasteiger partial charge in [0.05, 0.1) is 0 Å². The highest BCUT2D eigenvalue weighted by molar-refractivity contribution is 5.15. The minimum Gasteiger partial charge on any atom is -0.387 e. The minimum absolute atomic E-state index is 0.467. The molecule has 3 heteroatoms. The smallest absolute Gasteiger partial charge is 0.214 e. The number of ether oxygens (including phenoxy) is 2. The van der Waals surface area contributed by atoms with Crippen LogP contribution in [0.1, 0.15) is 25.8 Å². The van der Waals surface area contributed by atoms with Crippen molar-refractivity contribution in [2.24, 2.45) is 0 Å². The van der Waals surface area contributed by atoms with Crippen LogP contribution in [0.4, 0.5) is 0 Å². The van der Waals surface area contributed by atoms with Crippen LogP contribution in [0.15, 0.2) is 43.0 Å². The number of rotatable bonds is 9. The molecule has 0 aliphatic heterocycles. The molecule has 1 aromatic carbocycles. The Bertz CT molecular complexity index is 356. The summed E-state index contributed by atoms with van der Waals surface area (Å²) in [4.78, 5) is 0. The molecule has 0 aromatic heterocycles. The third-order valence-corrected chi connectivity index (χ3v) is 3.04. The molecular weight excluding hydrogens is 240 g/mol. The first-order valence-electron chi connectivity index (χ1n) is 6.82. The van der Waals surface area contributed by atoms with Crippen LogP contribution >= 0.6 is 0 Å². The maximum absolute atomic E-state index is 10.4. The maximum atomic E-state index is 10.4. The summed E-state index contributed by atoms with van der Waals surface area (Å²) in [6.45, 7) is 8.42. The molecular formula is C16H24O3. The van der Waals surface area contributed by atoms with Gasteiger partial charge >= 0.3 is 0 Å². The van der Waals surface area contributed by atoms with Gasteiger partial charge < -0.3 is 14.6 Å². The van der Waals surface area contributed by atoms with Gasteiger partial charge in [0.2, 0.25) is 5.79 Å². The van der Waals surface area contributed by atoms with Crippen LogP contribution in [-0.2, 0) is 15.9 Å². The summed E-state index contributed by atoms with van der Waals surface area (Å²) in [7, 11) is 0. The molecule has 1 atom stereocenters. The summed E-state index contributed by atoms with van der Waals surface area (Å²) < 4.78 is 11.2. The fourth-order valence-electron chi connectivity index (χ4n) is 2.09. The van der Waals surface area contributed by atoms with Crippen LogP contribution in [0, 0.1) is 0 Å². The Labute approximate surface area is 115 Å². The van der Waals surface area contributed by atoms with Gasteiger partial charge in [-0.3, -0.25) is 0 Å². The Morgan fingerprint density at radius 1 is 1.21 bits per heavy atom. The van der Waals surface area contributed by atoms with Crippen molar-refractivity contribution in [1.29, 1.82) is 0 Å². The lowest BCUT2D eigenvalue weighted by Gasteiger charge is -2.34. The quantitative estimate of drug-likeness (QED) is 0.550. The molecule has 1 rings (SSSR count). The number of hydrogen-bond acceptors (Lipinski definition) is 3. The first kappa shape index (κ1) is 15.9. The van der Waals surface area contributed by atoms with E-state index in [2.05, 4.69) is 6.58 Å². The largest absolute Gasteiger partial charge is 0.387 e. The van der Waals surface area contributed by atoms with E-state index in [1.807, 2.05) is 44.2 Å². The van der Waals surface area contributed by atoms with Crippen molar-refractivity contribution in [2.45, 2.75) is 38.6 Å². The second-order valence-electron chi connectivity index (χ2n) is 4.33. The van der Waals surface area contributed by atoms with Crippen molar-refractivity contribution < 1.29 is 14.6 Å². The van der Waals surface area contributed by atoms with E-state index in [9.17, 15) is 5.11 Å². The van der Waals surface area contributed by atoms with E-state index in [1.165, 1.54) is 5.56 Å². The van der Waals surface area contributed by atoms with Crippen LogP contribution in [-0.4, -0.2) is 30.2 Å². The zero-order valence-electron chi connectivity index (χ0n) is 11.8. The standard InChI is InChI=1S/C16H24O3/c1-4-16(18-5-2,19-6-3)15(17)13-12-14-10-8-7-9-11-14/h4,7-11,15,17H,1,5-6,12-13H2,2-3H3. The molecule has 0 spiro atoms. The van der Waals surface area contributed by atoms with E-state index in [4.69, 9.17) is 9.47 Å². The van der Waals surface area contributed by atoms with E-state index in [1.54, 1.807) is 6.08 Å². The first-order valence-corrected chi connectivity index (χ1v) is 6.82. The summed E-state index contributed by atoms with van der Waals surface area (Å²) in [5.41, 5.74) is 1.19. The third kappa shape index (κ3) is 4.46. The number of hydrogen-bond donors (Lipinski definition) is 1. The highest BCUT2D eigenvalue weighted by atomic mass is 16.7. The van der Waals surface area contributed by atoms with Gasteiger partial charge in [-0.05, 0) is 38.3 Å². The topological polar surface area (TPSA) is 38.7 Å². The maximum Gasteiger partial charge on any atom is 0.214 e. The van der Waals surface area contributed by atoms with Crippen LogP contribution in [0.2, 0.25) is 0 Å². The molecule has 0 fully saturated rings. The van der Waals surface area contributed by atoms with Crippen LogP contribution < -0.4 is 0 Å². The predicted molar refractivity (Wildman–Crippen MR) is 76.9 cm³/mol. The van der Waals surface area contributed by atoms with E-state index in [0.717, 1.165) is 6.42 Å². The summed E-state index contributed by atoms with van der Waals surface area (Å²) in [6.07, 6.45) is 2.16. The highest BCUT2D eigenvalue weighted by Crippen LogP contribution is 2.23. The van der Waals surface area contributed by atoms with E-state index in [0.29, 0.717) is 19.6 Å². The molecule has 0 heterocycles. The molecule has 0 amide bonds. The molecule has 1 aromatic rings. The molecule has 106 valence electrons. The molecule has 0 radical (unpaired) electrons. The Balaban J connectivity index is 2.66. The molecule has 0 saturated heterocycles. The van der Waals surface area contributed by atoms with Gasteiger partial charge in [-0.15, -0.1) is 0 Å². The Hall–Kier alpha value is -1.16. The lowest BCUT2D eigenvalue weighted by molar-refractivity contribution is -0.249. The molecule has 1 N–H and O–H groups in total. The fraction of sp³-hybridized carbons (Fsp3) is 0.500. The van der Waals surface area contributed by atoms with E-state index < -0.39 is 11.9 Å². The van der Waals surface area contributed by atoms with Gasteiger partial charge in [-0.2, -0.15) is 0 Å². The molecule has 1 unspecified atom stereocenters. The number of aryl methyl sites for hydroxylation is 1. The number of aliphatic hydroxyl groups excluding tert-OH is 1. The van der Waals surface area contributed by atoms with Crippen LogP contribution in [0.5, 0.6) is 0 Å². The van der Waals surface area contributed by atoms with Gasteiger partial charge in [0, 0.05) is 13.2 Å². The summed E-state index contributed by atoms with van der Waals surface area (Å²) in [5, 5.41) is 10.4. The third-order valence-electron chi connectivity index (χ3n) is 3.04. The first-order chi connectivity index (χ1) is 9.18. The molecule has 3 nitrogen and oxygen atoms in total. The van der Waals surface area contributed by atoms with Crippen LogP contribution in [0.3, 0.4) is 0 Å². The molecule has 0 bridgehead atoms. The zero-order chi connectivity index (χ0) is 14.1. The predicted octanol–water partition coefficient (Wildman–Crippen LogP) is 2.94. The molecule has 0 aliphatic rings. The van der Waals surface area contributed by atoms with Gasteiger partial charge in [0.25, 0.3) is 0 Å². The van der Waals surface area contributed by atoms with E-state index >= 15 is 0 Å². The number of aliphatic hydroxyl groups is 1. The normalized spacial score (nSPS) is 13.2. The second-order valence-corrected chi connectivity index (χ2v) is 4.33. The van der Waals surface area contributed by atoms with Gasteiger partial charge in [0.1, 0.15) is 6.10 Å². The summed E-state index contributed by atoms with van der Waals surface area (Å²) in [5.74, 6) is -1.10. The average Bonchev–Trinajstić information content (AvgIpc) is 2.45. The van der Waals surface area contributed by atoms with Gasteiger partial charge in [0.15, 0.2) is 0 Å². The summed E-state index contributed by atoms with van der Waals surface area (Å²) >= 11 is 0. The van der Waals surface area contributed by atoms with Gasteiger partial charge in [-0.1, -0.05) is 36.9 Å². The fourth-order valence-corrected chi connectivity index (χ4v) is 2.09. The minimum atomic E-state index is -1.10. The highest BCUT2D eigenvalue weighted by Gasteiger charge is 2.36. The lowest BCUT2D eigenvalue weighted by atomic mass is 10.0. The summed E-state index contributed by atoms with van der Waals surface area (Å²) in [6, 6.07) is 10.1. The second kappa shape index (κ2) is 8.10. The van der Waals surface area contributed by atoms with Gasteiger partial charge in [-0.25, -0.2) is 0 Å². The average molecular weight is 264 g/mol. The molecule has 0 saturated carbocycles. The van der Waals surface area contributed by atoms with Crippen LogP contribution in [0.25, 0.3) is 0 Å². The zero-order valence-corrected chi connectivity index (χ0v) is 11.8.